The van der Waals surface area contributed by atoms with E-state index >= 15 is 0 Å². The summed E-state index contributed by atoms with van der Waals surface area (Å²) in [6.07, 6.45) is 3.30. The average molecular weight is 347 g/mol. The molecular weight excluding hydrogens is 318 g/mol. The molecule has 0 aromatic heterocycles. The van der Waals surface area contributed by atoms with Gasteiger partial charge < -0.3 is 14.5 Å². The molecule has 0 unspecified atom stereocenters. The summed E-state index contributed by atoms with van der Waals surface area (Å²) in [6, 6.07) is 0. The molecule has 2 saturated heterocycles. The quantitative estimate of drug-likeness (QED) is 0.698. The van der Waals surface area contributed by atoms with Crippen LogP contribution in [0, 0.1) is 11.8 Å². The highest BCUT2D eigenvalue weighted by atomic mass is 32.2. The second-order valence-electron chi connectivity index (χ2n) is 6.87. The number of hydrogen-bond donors (Lipinski definition) is 0. The van der Waals surface area contributed by atoms with Crippen molar-refractivity contribution in [1.29, 1.82) is 0 Å². The summed E-state index contributed by atoms with van der Waals surface area (Å²) in [5.74, 6) is 0.267. The number of nitrogens with zero attached hydrogens (tertiary/aromatic N) is 3. The van der Waals surface area contributed by atoms with E-state index in [1.165, 1.54) is 10.6 Å². The Balaban J connectivity index is 2.07. The van der Waals surface area contributed by atoms with Crippen molar-refractivity contribution in [1.82, 2.24) is 14.1 Å². The predicted molar refractivity (Wildman–Crippen MR) is 88.6 cm³/mol. The zero-order valence-electron chi connectivity index (χ0n) is 14.4. The lowest BCUT2D eigenvalue weighted by molar-refractivity contribution is -0.133. The number of carbonyl (C=O) groups is 1. The Morgan fingerprint density at radius 3 is 2.39 bits per heavy atom. The van der Waals surface area contributed by atoms with Crippen LogP contribution in [0.15, 0.2) is 0 Å². The van der Waals surface area contributed by atoms with Gasteiger partial charge in [0.2, 0.25) is 15.9 Å². The van der Waals surface area contributed by atoms with E-state index in [2.05, 4.69) is 4.90 Å². The molecule has 2 fully saturated rings. The molecule has 2 aliphatic rings. The van der Waals surface area contributed by atoms with Crippen LogP contribution in [0.25, 0.3) is 0 Å². The van der Waals surface area contributed by atoms with E-state index in [1.54, 1.807) is 19.0 Å². The summed E-state index contributed by atoms with van der Waals surface area (Å²) in [6.45, 7) is 4.56. The van der Waals surface area contributed by atoms with Crippen LogP contribution in [0.2, 0.25) is 0 Å². The number of rotatable bonds is 4. The van der Waals surface area contributed by atoms with Crippen molar-refractivity contribution < 1.29 is 17.9 Å². The smallest absolute Gasteiger partial charge is 0.227 e. The molecular formula is C15H29N3O4S. The minimum atomic E-state index is -3.28. The molecule has 2 heterocycles. The minimum Gasteiger partial charge on any atom is -0.381 e. The monoisotopic (exact) mass is 347 g/mol. The summed E-state index contributed by atoms with van der Waals surface area (Å²) in [7, 11) is 0.164. The molecule has 8 heteroatoms. The molecule has 0 aliphatic carbocycles. The highest BCUT2D eigenvalue weighted by Gasteiger charge is 2.33. The SMILES string of the molecule is CN(C)C(=O)[C@H]1CN(CC2CCOCC2)CCN(S(C)(=O)=O)C1. The highest BCUT2D eigenvalue weighted by molar-refractivity contribution is 7.88. The van der Waals surface area contributed by atoms with Crippen molar-refractivity contribution in [2.75, 3.05) is 66.3 Å². The Bertz CT molecular complexity index is 503. The molecule has 0 aromatic carbocycles. The molecule has 0 bridgehead atoms. The summed E-state index contributed by atoms with van der Waals surface area (Å²) in [5.41, 5.74) is 0. The van der Waals surface area contributed by atoms with E-state index in [0.29, 0.717) is 25.6 Å². The van der Waals surface area contributed by atoms with Crippen LogP contribution in [-0.2, 0) is 19.6 Å². The average Bonchev–Trinajstić information content (AvgIpc) is 2.70. The third-order valence-corrected chi connectivity index (χ3v) is 5.95. The van der Waals surface area contributed by atoms with Gasteiger partial charge in [0.25, 0.3) is 0 Å². The fourth-order valence-corrected chi connectivity index (χ4v) is 4.20. The van der Waals surface area contributed by atoms with E-state index < -0.39 is 10.0 Å². The molecule has 0 spiro atoms. The van der Waals surface area contributed by atoms with Crippen LogP contribution < -0.4 is 0 Å². The van der Waals surface area contributed by atoms with Gasteiger partial charge >= 0.3 is 0 Å². The summed E-state index contributed by atoms with van der Waals surface area (Å²) in [4.78, 5) is 16.2. The largest absolute Gasteiger partial charge is 0.381 e. The normalized spacial score (nSPS) is 26.0. The van der Waals surface area contributed by atoms with Crippen molar-refractivity contribution in [2.45, 2.75) is 12.8 Å². The highest BCUT2D eigenvalue weighted by Crippen LogP contribution is 2.20. The lowest BCUT2D eigenvalue weighted by Gasteiger charge is -2.30. The molecule has 23 heavy (non-hydrogen) atoms. The maximum Gasteiger partial charge on any atom is 0.227 e. The predicted octanol–water partition coefficient (Wildman–Crippen LogP) is -0.305. The van der Waals surface area contributed by atoms with Crippen LogP contribution in [0.4, 0.5) is 0 Å². The van der Waals surface area contributed by atoms with Crippen molar-refractivity contribution >= 4 is 15.9 Å². The van der Waals surface area contributed by atoms with Crippen molar-refractivity contribution in [3.63, 3.8) is 0 Å². The summed E-state index contributed by atoms with van der Waals surface area (Å²) in [5, 5.41) is 0. The van der Waals surface area contributed by atoms with Crippen LogP contribution in [0.1, 0.15) is 12.8 Å². The van der Waals surface area contributed by atoms with Crippen LogP contribution in [0.3, 0.4) is 0 Å². The Labute approximate surface area is 139 Å². The van der Waals surface area contributed by atoms with Gasteiger partial charge in [-0.1, -0.05) is 0 Å². The number of amides is 1. The Morgan fingerprint density at radius 1 is 1.17 bits per heavy atom. The number of ether oxygens (including phenoxy) is 1. The zero-order valence-corrected chi connectivity index (χ0v) is 15.2. The van der Waals surface area contributed by atoms with Crippen LogP contribution in [0.5, 0.6) is 0 Å². The molecule has 1 amide bonds. The first-order valence-corrected chi connectivity index (χ1v) is 10.1. The van der Waals surface area contributed by atoms with Gasteiger partial charge in [-0.25, -0.2) is 12.7 Å². The third kappa shape index (κ3) is 5.41. The van der Waals surface area contributed by atoms with Crippen LogP contribution >= 0.6 is 0 Å². The fourth-order valence-electron chi connectivity index (χ4n) is 3.33. The topological polar surface area (TPSA) is 70.2 Å². The first-order valence-electron chi connectivity index (χ1n) is 8.23. The van der Waals surface area contributed by atoms with Gasteiger partial charge in [0.15, 0.2) is 0 Å². The van der Waals surface area contributed by atoms with Gasteiger partial charge in [-0.15, -0.1) is 0 Å². The van der Waals surface area contributed by atoms with Crippen molar-refractivity contribution in [3.8, 4) is 0 Å². The lowest BCUT2D eigenvalue weighted by Crippen LogP contribution is -2.42. The summed E-state index contributed by atoms with van der Waals surface area (Å²) >= 11 is 0. The minimum absolute atomic E-state index is 0.00229. The molecule has 2 rings (SSSR count). The Hall–Kier alpha value is -0.700. The second-order valence-corrected chi connectivity index (χ2v) is 8.85. The first-order chi connectivity index (χ1) is 10.8. The third-order valence-electron chi connectivity index (χ3n) is 4.68. The molecule has 0 radical (unpaired) electrons. The number of hydrogen-bond acceptors (Lipinski definition) is 5. The van der Waals surface area contributed by atoms with Gasteiger partial charge in [0.05, 0.1) is 12.2 Å². The van der Waals surface area contributed by atoms with Gasteiger partial charge in [-0.3, -0.25) is 4.79 Å². The van der Waals surface area contributed by atoms with Gasteiger partial charge in [0.1, 0.15) is 0 Å². The lowest BCUT2D eigenvalue weighted by atomic mass is 9.99. The maximum atomic E-state index is 12.4. The second kappa shape index (κ2) is 7.92. The number of carbonyl (C=O) groups excluding carboxylic acids is 1. The van der Waals surface area contributed by atoms with Crippen LogP contribution in [-0.4, -0.2) is 94.7 Å². The standard InChI is InChI=1S/C15H29N3O4S/c1-16(2)15(19)14-11-17(10-13-4-8-22-9-5-13)6-7-18(12-14)23(3,20)21/h13-14H,4-12H2,1-3H3/t14-/m0/s1. The summed E-state index contributed by atoms with van der Waals surface area (Å²) < 4.78 is 30.7. The zero-order chi connectivity index (χ0) is 17.0. The molecule has 0 aromatic rings. The molecule has 2 aliphatic heterocycles. The molecule has 0 N–H and O–H groups in total. The van der Waals surface area contributed by atoms with E-state index in [9.17, 15) is 13.2 Å². The fraction of sp³-hybridized carbons (Fsp3) is 0.933. The van der Waals surface area contributed by atoms with E-state index in [-0.39, 0.29) is 18.4 Å². The van der Waals surface area contributed by atoms with E-state index in [4.69, 9.17) is 4.74 Å². The molecule has 7 nitrogen and oxygen atoms in total. The Morgan fingerprint density at radius 2 is 1.83 bits per heavy atom. The first kappa shape index (κ1) is 18.6. The maximum absolute atomic E-state index is 12.4. The molecule has 0 saturated carbocycles. The molecule has 1 atom stereocenters. The van der Waals surface area contributed by atoms with Crippen molar-refractivity contribution in [3.05, 3.63) is 0 Å². The Kier molecular flexibility index (Phi) is 6.41. The van der Waals surface area contributed by atoms with Gasteiger partial charge in [-0.2, -0.15) is 0 Å². The van der Waals surface area contributed by atoms with E-state index in [0.717, 1.165) is 32.6 Å². The molecule has 134 valence electrons. The van der Waals surface area contributed by atoms with Gasteiger partial charge in [-0.05, 0) is 18.8 Å². The number of sulfonamides is 1. The van der Waals surface area contributed by atoms with Crippen molar-refractivity contribution in [2.24, 2.45) is 11.8 Å². The van der Waals surface area contributed by atoms with Gasteiger partial charge in [0, 0.05) is 60.0 Å². The van der Waals surface area contributed by atoms with E-state index in [1.807, 2.05) is 0 Å².